The molecule has 0 aromatic heterocycles. The van der Waals surface area contributed by atoms with Gasteiger partial charge in [-0.15, -0.1) is 0 Å². The largest absolute Gasteiger partial charge is 0.494 e. The maximum atomic E-state index is 13.2. The van der Waals surface area contributed by atoms with Crippen LogP contribution in [0, 0.1) is 11.3 Å². The summed E-state index contributed by atoms with van der Waals surface area (Å²) in [6.07, 6.45) is 2.48. The third-order valence-corrected chi connectivity index (χ3v) is 5.23. The lowest BCUT2D eigenvalue weighted by Gasteiger charge is -2.43. The summed E-state index contributed by atoms with van der Waals surface area (Å²) in [5.74, 6) is 1.04. The van der Waals surface area contributed by atoms with E-state index in [1.54, 1.807) is 0 Å². The van der Waals surface area contributed by atoms with E-state index in [0.717, 1.165) is 17.7 Å². The van der Waals surface area contributed by atoms with E-state index in [0.29, 0.717) is 25.4 Å². The molecule has 1 aliphatic carbocycles. The first kappa shape index (κ1) is 17.8. The molecule has 1 spiro atoms. The molecule has 2 fully saturated rings. The summed E-state index contributed by atoms with van der Waals surface area (Å²) >= 11 is 0. The van der Waals surface area contributed by atoms with Gasteiger partial charge in [-0.2, -0.15) is 0 Å². The summed E-state index contributed by atoms with van der Waals surface area (Å²) in [5.41, 5.74) is 0.145. The zero-order chi connectivity index (χ0) is 18.2. The number of urea groups is 1. The van der Waals surface area contributed by atoms with Crippen LogP contribution in [0.15, 0.2) is 24.3 Å². The first-order valence-electron chi connectivity index (χ1n) is 9.11. The van der Waals surface area contributed by atoms with Crippen molar-refractivity contribution in [2.24, 2.45) is 11.3 Å². The van der Waals surface area contributed by atoms with Crippen molar-refractivity contribution < 1.29 is 14.3 Å². The van der Waals surface area contributed by atoms with Crippen LogP contribution in [0.1, 0.15) is 52.5 Å². The predicted octanol–water partition coefficient (Wildman–Crippen LogP) is 3.72. The molecule has 3 rings (SSSR count). The van der Waals surface area contributed by atoms with Crippen molar-refractivity contribution >= 4 is 11.9 Å². The van der Waals surface area contributed by atoms with E-state index < -0.39 is 5.54 Å². The number of nitrogens with one attached hydrogen (secondary N) is 1. The fourth-order valence-electron chi connectivity index (χ4n) is 4.75. The minimum Gasteiger partial charge on any atom is -0.494 e. The highest BCUT2D eigenvalue weighted by atomic mass is 16.5. The average molecular weight is 344 g/mol. The summed E-state index contributed by atoms with van der Waals surface area (Å²) in [4.78, 5) is 27.2. The van der Waals surface area contributed by atoms with Crippen molar-refractivity contribution in [3.63, 3.8) is 0 Å². The molecule has 0 radical (unpaired) electrons. The molecule has 1 aromatic carbocycles. The maximum Gasteiger partial charge on any atom is 0.325 e. The number of imide groups is 1. The summed E-state index contributed by atoms with van der Waals surface area (Å²) < 4.78 is 5.64. The number of benzene rings is 1. The Labute approximate surface area is 149 Å². The number of carbonyl (C=O) groups excluding carboxylic acids is 2. The molecule has 1 heterocycles. The monoisotopic (exact) mass is 344 g/mol. The van der Waals surface area contributed by atoms with E-state index in [-0.39, 0.29) is 23.9 Å². The molecule has 1 saturated carbocycles. The quantitative estimate of drug-likeness (QED) is 0.847. The topological polar surface area (TPSA) is 58.6 Å². The number of nitrogens with zero attached hydrogens (tertiary/aromatic N) is 1. The number of hydrogen-bond acceptors (Lipinski definition) is 3. The molecule has 5 nitrogen and oxygen atoms in total. The Morgan fingerprint density at radius 1 is 1.24 bits per heavy atom. The Morgan fingerprint density at radius 2 is 1.96 bits per heavy atom. The van der Waals surface area contributed by atoms with Gasteiger partial charge in [0.2, 0.25) is 0 Å². The Kier molecular flexibility index (Phi) is 4.52. The van der Waals surface area contributed by atoms with Crippen LogP contribution in [0.5, 0.6) is 5.75 Å². The van der Waals surface area contributed by atoms with Gasteiger partial charge in [0, 0.05) is 5.56 Å². The average Bonchev–Trinajstić information content (AvgIpc) is 2.71. The van der Waals surface area contributed by atoms with E-state index in [4.69, 9.17) is 4.74 Å². The molecule has 3 amide bonds. The van der Waals surface area contributed by atoms with Gasteiger partial charge >= 0.3 is 6.03 Å². The molecule has 0 bridgehead atoms. The molecule has 25 heavy (non-hydrogen) atoms. The highest BCUT2D eigenvalue weighted by Crippen LogP contribution is 2.46. The number of rotatable bonds is 4. The van der Waals surface area contributed by atoms with Gasteiger partial charge in [0.05, 0.1) is 13.2 Å². The van der Waals surface area contributed by atoms with E-state index >= 15 is 0 Å². The summed E-state index contributed by atoms with van der Waals surface area (Å²) in [5, 5.41) is 3.02. The van der Waals surface area contributed by atoms with E-state index in [2.05, 4.69) is 26.1 Å². The summed E-state index contributed by atoms with van der Waals surface area (Å²) in [7, 11) is 0. The Hall–Kier alpha value is -2.04. The number of ether oxygens (including phenoxy) is 1. The van der Waals surface area contributed by atoms with Gasteiger partial charge in [-0.1, -0.05) is 39.0 Å². The van der Waals surface area contributed by atoms with Crippen LogP contribution < -0.4 is 10.1 Å². The number of para-hydroxylation sites is 1. The Balaban J connectivity index is 1.85. The smallest absolute Gasteiger partial charge is 0.325 e. The first-order chi connectivity index (χ1) is 11.8. The van der Waals surface area contributed by atoms with Gasteiger partial charge in [0.15, 0.2) is 0 Å². The van der Waals surface area contributed by atoms with Gasteiger partial charge < -0.3 is 10.1 Å². The molecule has 1 aliphatic heterocycles. The molecule has 2 atom stereocenters. The molecule has 5 heteroatoms. The number of amides is 3. The van der Waals surface area contributed by atoms with Gasteiger partial charge in [0.25, 0.3) is 5.91 Å². The second kappa shape index (κ2) is 6.36. The third kappa shape index (κ3) is 3.37. The lowest BCUT2D eigenvalue weighted by atomic mass is 9.64. The molecule has 136 valence electrons. The van der Waals surface area contributed by atoms with Crippen molar-refractivity contribution in [2.75, 3.05) is 6.61 Å². The number of hydrogen-bond donors (Lipinski definition) is 1. The molecule has 1 aromatic rings. The third-order valence-electron chi connectivity index (χ3n) is 5.23. The van der Waals surface area contributed by atoms with Crippen molar-refractivity contribution in [1.82, 2.24) is 10.2 Å². The van der Waals surface area contributed by atoms with Crippen LogP contribution in [0.4, 0.5) is 4.79 Å². The van der Waals surface area contributed by atoms with Crippen LogP contribution in [0.3, 0.4) is 0 Å². The highest BCUT2D eigenvalue weighted by molar-refractivity contribution is 6.07. The van der Waals surface area contributed by atoms with Gasteiger partial charge in [0.1, 0.15) is 11.3 Å². The van der Waals surface area contributed by atoms with E-state index in [1.807, 2.05) is 31.2 Å². The zero-order valence-corrected chi connectivity index (χ0v) is 15.6. The minimum absolute atomic E-state index is 0.0415. The molecule has 1 N–H and O–H groups in total. The van der Waals surface area contributed by atoms with Gasteiger partial charge in [-0.25, -0.2) is 4.79 Å². The molecular formula is C20H28N2O3. The molecular weight excluding hydrogens is 316 g/mol. The Morgan fingerprint density at radius 3 is 2.64 bits per heavy atom. The molecule has 1 saturated heterocycles. The number of carbonyl (C=O) groups is 2. The fourth-order valence-corrected chi connectivity index (χ4v) is 4.75. The van der Waals surface area contributed by atoms with Crippen LogP contribution in [0.25, 0.3) is 0 Å². The van der Waals surface area contributed by atoms with Crippen molar-refractivity contribution in [2.45, 2.75) is 59.0 Å². The maximum absolute atomic E-state index is 13.2. The minimum atomic E-state index is -0.751. The normalized spacial score (nSPS) is 28.3. The highest BCUT2D eigenvalue weighted by Gasteiger charge is 2.56. The SMILES string of the molecule is CCOc1ccccc1CN1C(=O)N[C@]2(C[C@H](C)CC(C)(C)C2)C1=O. The fraction of sp³-hybridized carbons (Fsp3) is 0.600. The summed E-state index contributed by atoms with van der Waals surface area (Å²) in [6.45, 7) is 9.23. The van der Waals surface area contributed by atoms with Crippen molar-refractivity contribution in [1.29, 1.82) is 0 Å². The van der Waals surface area contributed by atoms with Gasteiger partial charge in [-0.05, 0) is 43.6 Å². The van der Waals surface area contributed by atoms with Crippen LogP contribution in [0.2, 0.25) is 0 Å². The van der Waals surface area contributed by atoms with Gasteiger partial charge in [-0.3, -0.25) is 9.69 Å². The lowest BCUT2D eigenvalue weighted by Crippen LogP contribution is -2.54. The van der Waals surface area contributed by atoms with Crippen LogP contribution in [-0.4, -0.2) is 29.0 Å². The second-order valence-electron chi connectivity index (χ2n) is 8.30. The standard InChI is InChI=1S/C20H28N2O3/c1-5-25-16-9-7-6-8-15(16)12-22-17(23)20(21-18(22)24)11-14(2)10-19(3,4)13-20/h6-9,14H,5,10-13H2,1-4H3,(H,21,24)/t14-,20+/m1/s1. The second-order valence-corrected chi connectivity index (χ2v) is 8.30. The van der Waals surface area contributed by atoms with E-state index in [9.17, 15) is 9.59 Å². The van der Waals surface area contributed by atoms with Crippen molar-refractivity contribution in [3.8, 4) is 5.75 Å². The first-order valence-corrected chi connectivity index (χ1v) is 9.11. The zero-order valence-electron chi connectivity index (χ0n) is 15.6. The molecule has 0 unspecified atom stereocenters. The summed E-state index contributed by atoms with van der Waals surface area (Å²) in [6, 6.07) is 7.29. The van der Waals surface area contributed by atoms with Crippen LogP contribution in [-0.2, 0) is 11.3 Å². The van der Waals surface area contributed by atoms with Crippen LogP contribution >= 0.6 is 0 Å². The lowest BCUT2D eigenvalue weighted by molar-refractivity contribution is -0.135. The molecule has 2 aliphatic rings. The van der Waals surface area contributed by atoms with E-state index in [1.165, 1.54) is 4.90 Å². The van der Waals surface area contributed by atoms with Crippen molar-refractivity contribution in [3.05, 3.63) is 29.8 Å². The predicted molar refractivity (Wildman–Crippen MR) is 96.2 cm³/mol. The Bertz CT molecular complexity index is 685.